The second-order valence-electron chi connectivity index (χ2n) is 4.31. The zero-order valence-electron chi connectivity index (χ0n) is 10.6. The van der Waals surface area contributed by atoms with E-state index in [0.717, 1.165) is 20.2 Å². The Hall–Kier alpha value is -1.17. The molecule has 0 saturated carbocycles. The first-order valence-electron chi connectivity index (χ1n) is 6.12. The van der Waals surface area contributed by atoms with Gasteiger partial charge in [0.25, 0.3) is 0 Å². The van der Waals surface area contributed by atoms with E-state index in [-0.39, 0.29) is 18.4 Å². The Morgan fingerprint density at radius 1 is 1.15 bits per heavy atom. The molecule has 0 saturated heterocycles. The van der Waals surface area contributed by atoms with Crippen LogP contribution in [0.1, 0.15) is 11.5 Å². The smallest absolute Gasteiger partial charge is 0.233 e. The molecule has 0 aromatic heterocycles. The fourth-order valence-corrected chi connectivity index (χ4v) is 3.04. The van der Waals surface area contributed by atoms with Crippen molar-refractivity contribution in [3.63, 3.8) is 0 Å². The first-order valence-corrected chi connectivity index (χ1v) is 7.71. The van der Waals surface area contributed by atoms with Gasteiger partial charge in [0, 0.05) is 15.5 Å². The lowest BCUT2D eigenvalue weighted by Crippen LogP contribution is -2.27. The summed E-state index contributed by atoms with van der Waals surface area (Å²) in [6.07, 6.45) is 0. The van der Waals surface area contributed by atoms with Crippen LogP contribution in [0.5, 0.6) is 0 Å². The SMILES string of the molecule is NCC(C(=O)Nc1ccc(Br)cc1Br)c1ccccc1. The minimum atomic E-state index is -0.355. The molecule has 3 N–H and O–H groups in total. The summed E-state index contributed by atoms with van der Waals surface area (Å²) >= 11 is 6.81. The zero-order chi connectivity index (χ0) is 14.5. The van der Waals surface area contributed by atoms with Gasteiger partial charge < -0.3 is 11.1 Å². The third kappa shape index (κ3) is 3.69. The van der Waals surface area contributed by atoms with Gasteiger partial charge in [0.15, 0.2) is 0 Å². The molecule has 2 rings (SSSR count). The van der Waals surface area contributed by atoms with E-state index in [9.17, 15) is 4.79 Å². The van der Waals surface area contributed by atoms with Gasteiger partial charge in [-0.1, -0.05) is 46.3 Å². The van der Waals surface area contributed by atoms with Gasteiger partial charge in [-0.2, -0.15) is 0 Å². The minimum Gasteiger partial charge on any atom is -0.329 e. The monoisotopic (exact) mass is 396 g/mol. The predicted molar refractivity (Wildman–Crippen MR) is 88.7 cm³/mol. The summed E-state index contributed by atoms with van der Waals surface area (Å²) < 4.78 is 1.77. The summed E-state index contributed by atoms with van der Waals surface area (Å²) in [5.74, 6) is -0.464. The van der Waals surface area contributed by atoms with Gasteiger partial charge in [0.05, 0.1) is 11.6 Å². The van der Waals surface area contributed by atoms with Crippen molar-refractivity contribution in [2.75, 3.05) is 11.9 Å². The van der Waals surface area contributed by atoms with Crippen LogP contribution in [0.3, 0.4) is 0 Å². The molecule has 3 nitrogen and oxygen atoms in total. The van der Waals surface area contributed by atoms with Crippen molar-refractivity contribution < 1.29 is 4.79 Å². The van der Waals surface area contributed by atoms with E-state index in [1.165, 1.54) is 0 Å². The van der Waals surface area contributed by atoms with Crippen molar-refractivity contribution in [3.8, 4) is 0 Å². The highest BCUT2D eigenvalue weighted by atomic mass is 79.9. The zero-order valence-corrected chi connectivity index (χ0v) is 13.8. The highest BCUT2D eigenvalue weighted by Crippen LogP contribution is 2.27. The molecule has 1 amide bonds. The van der Waals surface area contributed by atoms with Gasteiger partial charge in [0.1, 0.15) is 0 Å². The number of nitrogens with two attached hydrogens (primary N) is 1. The second kappa shape index (κ2) is 7.02. The molecule has 0 spiro atoms. The molecule has 2 aromatic carbocycles. The molecule has 0 aliphatic rings. The lowest BCUT2D eigenvalue weighted by Gasteiger charge is -2.16. The summed E-state index contributed by atoms with van der Waals surface area (Å²) in [6, 6.07) is 15.1. The van der Waals surface area contributed by atoms with E-state index in [0.29, 0.717) is 0 Å². The van der Waals surface area contributed by atoms with Crippen molar-refractivity contribution in [2.45, 2.75) is 5.92 Å². The molecule has 0 heterocycles. The molecule has 0 bridgehead atoms. The van der Waals surface area contributed by atoms with E-state index in [4.69, 9.17) is 5.73 Å². The largest absolute Gasteiger partial charge is 0.329 e. The van der Waals surface area contributed by atoms with E-state index in [2.05, 4.69) is 37.2 Å². The van der Waals surface area contributed by atoms with Gasteiger partial charge in [-0.05, 0) is 39.7 Å². The first-order chi connectivity index (χ1) is 9.61. The minimum absolute atomic E-state index is 0.110. The number of nitrogens with one attached hydrogen (secondary N) is 1. The van der Waals surface area contributed by atoms with E-state index in [1.807, 2.05) is 48.5 Å². The summed E-state index contributed by atoms with van der Waals surface area (Å²) in [4.78, 5) is 12.4. The number of benzene rings is 2. The Morgan fingerprint density at radius 2 is 1.85 bits per heavy atom. The van der Waals surface area contributed by atoms with Gasteiger partial charge in [-0.15, -0.1) is 0 Å². The molecular weight excluding hydrogens is 384 g/mol. The molecule has 5 heteroatoms. The Morgan fingerprint density at radius 3 is 2.45 bits per heavy atom. The maximum Gasteiger partial charge on any atom is 0.233 e. The number of hydrogen-bond acceptors (Lipinski definition) is 2. The topological polar surface area (TPSA) is 55.1 Å². The Labute approximate surface area is 134 Å². The molecule has 0 aliphatic heterocycles. The van der Waals surface area contributed by atoms with Crippen LogP contribution in [0.2, 0.25) is 0 Å². The first kappa shape index (κ1) is 15.2. The molecule has 0 aliphatic carbocycles. The normalized spacial score (nSPS) is 11.9. The van der Waals surface area contributed by atoms with Crippen LogP contribution in [-0.4, -0.2) is 12.5 Å². The summed E-state index contributed by atoms with van der Waals surface area (Å²) in [5.41, 5.74) is 7.39. The number of carbonyl (C=O) groups excluding carboxylic acids is 1. The summed E-state index contributed by atoms with van der Waals surface area (Å²) in [5, 5.41) is 2.90. The third-order valence-electron chi connectivity index (χ3n) is 2.94. The lowest BCUT2D eigenvalue weighted by molar-refractivity contribution is -0.117. The number of amides is 1. The number of rotatable bonds is 4. The number of hydrogen-bond donors (Lipinski definition) is 2. The molecule has 1 unspecified atom stereocenters. The van der Waals surface area contributed by atoms with Crippen LogP contribution in [0.25, 0.3) is 0 Å². The molecule has 104 valence electrons. The maximum absolute atomic E-state index is 12.4. The highest BCUT2D eigenvalue weighted by Gasteiger charge is 2.19. The van der Waals surface area contributed by atoms with Crippen molar-refractivity contribution in [3.05, 3.63) is 63.0 Å². The maximum atomic E-state index is 12.4. The highest BCUT2D eigenvalue weighted by molar-refractivity contribution is 9.11. The fraction of sp³-hybridized carbons (Fsp3) is 0.133. The second-order valence-corrected chi connectivity index (χ2v) is 6.08. The Kier molecular flexibility index (Phi) is 5.34. The van der Waals surface area contributed by atoms with Gasteiger partial charge in [-0.3, -0.25) is 4.79 Å². The van der Waals surface area contributed by atoms with E-state index < -0.39 is 0 Å². The Balaban J connectivity index is 2.18. The number of anilines is 1. The van der Waals surface area contributed by atoms with Gasteiger partial charge in [-0.25, -0.2) is 0 Å². The molecule has 1 atom stereocenters. The van der Waals surface area contributed by atoms with Crippen molar-refractivity contribution in [1.29, 1.82) is 0 Å². The van der Waals surface area contributed by atoms with Gasteiger partial charge >= 0.3 is 0 Å². The average molecular weight is 398 g/mol. The van der Waals surface area contributed by atoms with Crippen molar-refractivity contribution in [2.24, 2.45) is 5.73 Å². The number of carbonyl (C=O) groups is 1. The standard InChI is InChI=1S/C15H14Br2N2O/c16-11-6-7-14(13(17)8-11)19-15(20)12(9-18)10-4-2-1-3-5-10/h1-8,12H,9,18H2,(H,19,20). The molecule has 20 heavy (non-hydrogen) atoms. The van der Waals surface area contributed by atoms with E-state index >= 15 is 0 Å². The fourth-order valence-electron chi connectivity index (χ4n) is 1.89. The molecular formula is C15H14Br2N2O. The van der Waals surface area contributed by atoms with Gasteiger partial charge in [0.2, 0.25) is 5.91 Å². The summed E-state index contributed by atoms with van der Waals surface area (Å²) in [6.45, 7) is 0.268. The molecule has 2 aromatic rings. The Bertz CT molecular complexity index is 602. The quantitative estimate of drug-likeness (QED) is 0.822. The lowest BCUT2D eigenvalue weighted by atomic mass is 9.98. The van der Waals surface area contributed by atoms with Crippen molar-refractivity contribution >= 4 is 43.5 Å². The van der Waals surface area contributed by atoms with E-state index in [1.54, 1.807) is 0 Å². The van der Waals surface area contributed by atoms with Crippen LogP contribution in [-0.2, 0) is 4.79 Å². The molecule has 0 radical (unpaired) electrons. The van der Waals surface area contributed by atoms with Crippen LogP contribution < -0.4 is 11.1 Å². The van der Waals surface area contributed by atoms with Crippen LogP contribution >= 0.6 is 31.9 Å². The van der Waals surface area contributed by atoms with Crippen LogP contribution in [0.15, 0.2) is 57.5 Å². The van der Waals surface area contributed by atoms with Crippen LogP contribution in [0, 0.1) is 0 Å². The van der Waals surface area contributed by atoms with Crippen molar-refractivity contribution in [1.82, 2.24) is 0 Å². The average Bonchev–Trinajstić information content (AvgIpc) is 2.44. The predicted octanol–water partition coefficient (Wildman–Crippen LogP) is 3.89. The molecule has 0 fully saturated rings. The summed E-state index contributed by atoms with van der Waals surface area (Å²) in [7, 11) is 0. The number of halogens is 2. The van der Waals surface area contributed by atoms with Crippen LogP contribution in [0.4, 0.5) is 5.69 Å². The third-order valence-corrected chi connectivity index (χ3v) is 4.09.